The highest BCUT2D eigenvalue weighted by Gasteiger charge is 2.16. The highest BCUT2D eigenvalue weighted by molar-refractivity contribution is 9.10. The van der Waals surface area contributed by atoms with Gasteiger partial charge in [-0.2, -0.15) is 0 Å². The number of halogens is 2. The maximum absolute atomic E-state index is 6.13. The van der Waals surface area contributed by atoms with Gasteiger partial charge in [-0.25, -0.2) is 0 Å². The smallest absolute Gasteiger partial charge is 0.135 e. The number of furan rings is 1. The fourth-order valence-corrected chi connectivity index (χ4v) is 3.40. The molecule has 5 heteroatoms. The molecule has 2 nitrogen and oxygen atoms in total. The molecule has 1 aromatic carbocycles. The van der Waals surface area contributed by atoms with Gasteiger partial charge in [-0.15, -0.1) is 11.8 Å². The zero-order valence-electron chi connectivity index (χ0n) is 9.82. The molecule has 18 heavy (non-hydrogen) atoms. The van der Waals surface area contributed by atoms with Crippen molar-refractivity contribution < 1.29 is 4.42 Å². The van der Waals surface area contributed by atoms with Crippen LogP contribution in [0.1, 0.15) is 11.8 Å². The van der Waals surface area contributed by atoms with Crippen molar-refractivity contribution in [3.63, 3.8) is 0 Å². The second-order valence-electron chi connectivity index (χ2n) is 3.72. The predicted octanol–water partition coefficient (Wildman–Crippen LogP) is 4.75. The van der Waals surface area contributed by atoms with E-state index in [0.29, 0.717) is 0 Å². The van der Waals surface area contributed by atoms with E-state index in [9.17, 15) is 0 Å². The van der Waals surface area contributed by atoms with Gasteiger partial charge in [-0.05, 0) is 41.2 Å². The molecular weight excluding hydrogens is 334 g/mol. The van der Waals surface area contributed by atoms with Crippen molar-refractivity contribution in [3.05, 3.63) is 51.9 Å². The van der Waals surface area contributed by atoms with Gasteiger partial charge in [0.2, 0.25) is 0 Å². The standard InChI is InChI=1S/C13H13BrClNOS/c1-16-11(13-9(14)6-7-17-13)8-18-12-5-3-2-4-10(12)15/h2-7,11,16H,8H2,1H3. The molecule has 0 radical (unpaired) electrons. The normalized spacial score (nSPS) is 12.6. The van der Waals surface area contributed by atoms with Crippen molar-refractivity contribution in [3.8, 4) is 0 Å². The molecule has 1 heterocycles. The average molecular weight is 347 g/mol. The van der Waals surface area contributed by atoms with Crippen LogP contribution < -0.4 is 5.32 Å². The van der Waals surface area contributed by atoms with Gasteiger partial charge in [0, 0.05) is 10.6 Å². The van der Waals surface area contributed by atoms with Crippen LogP contribution in [-0.2, 0) is 0 Å². The lowest BCUT2D eigenvalue weighted by atomic mass is 10.2. The second kappa shape index (κ2) is 6.66. The highest BCUT2D eigenvalue weighted by Crippen LogP contribution is 2.32. The van der Waals surface area contributed by atoms with Crippen molar-refractivity contribution in [1.82, 2.24) is 5.32 Å². The van der Waals surface area contributed by atoms with Crippen LogP contribution in [0.3, 0.4) is 0 Å². The number of benzene rings is 1. The third-order valence-electron chi connectivity index (χ3n) is 2.55. The third kappa shape index (κ3) is 3.32. The zero-order chi connectivity index (χ0) is 13.0. The van der Waals surface area contributed by atoms with Gasteiger partial charge in [0.1, 0.15) is 5.76 Å². The van der Waals surface area contributed by atoms with Gasteiger partial charge in [-0.1, -0.05) is 23.7 Å². The minimum absolute atomic E-state index is 0.149. The summed E-state index contributed by atoms with van der Waals surface area (Å²) in [4.78, 5) is 1.09. The van der Waals surface area contributed by atoms with Crippen LogP contribution in [0.5, 0.6) is 0 Å². The summed E-state index contributed by atoms with van der Waals surface area (Å²) in [5.41, 5.74) is 0. The van der Waals surface area contributed by atoms with Gasteiger partial charge >= 0.3 is 0 Å². The fraction of sp³-hybridized carbons (Fsp3) is 0.231. The summed E-state index contributed by atoms with van der Waals surface area (Å²) < 4.78 is 6.47. The molecule has 1 N–H and O–H groups in total. The molecule has 1 atom stereocenters. The second-order valence-corrected chi connectivity index (χ2v) is 6.04. The van der Waals surface area contributed by atoms with Crippen molar-refractivity contribution in [2.45, 2.75) is 10.9 Å². The molecule has 0 fully saturated rings. The molecule has 2 rings (SSSR count). The predicted molar refractivity (Wildman–Crippen MR) is 80.4 cm³/mol. The Hall–Kier alpha value is -0.420. The van der Waals surface area contributed by atoms with Crippen LogP contribution in [0.4, 0.5) is 0 Å². The lowest BCUT2D eigenvalue weighted by molar-refractivity contribution is 0.450. The first kappa shape index (κ1) is 14.0. The number of hydrogen-bond donors (Lipinski definition) is 1. The van der Waals surface area contributed by atoms with E-state index in [1.165, 1.54) is 0 Å². The summed E-state index contributed by atoms with van der Waals surface area (Å²) in [7, 11) is 1.92. The molecule has 0 amide bonds. The summed E-state index contributed by atoms with van der Waals surface area (Å²) in [5.74, 6) is 1.77. The lowest BCUT2D eigenvalue weighted by Gasteiger charge is -2.14. The molecule has 0 aliphatic heterocycles. The van der Waals surface area contributed by atoms with Crippen LogP contribution in [0.25, 0.3) is 0 Å². The van der Waals surface area contributed by atoms with Gasteiger partial charge < -0.3 is 9.73 Å². The molecule has 0 saturated carbocycles. The first-order chi connectivity index (χ1) is 8.72. The van der Waals surface area contributed by atoms with Crippen LogP contribution in [-0.4, -0.2) is 12.8 Å². The minimum Gasteiger partial charge on any atom is -0.466 e. The van der Waals surface area contributed by atoms with Gasteiger partial charge in [-0.3, -0.25) is 0 Å². The maximum atomic E-state index is 6.13. The summed E-state index contributed by atoms with van der Waals surface area (Å²) in [6.07, 6.45) is 1.68. The van der Waals surface area contributed by atoms with E-state index in [2.05, 4.69) is 21.2 Å². The minimum atomic E-state index is 0.149. The van der Waals surface area contributed by atoms with Crippen LogP contribution >= 0.6 is 39.3 Å². The van der Waals surface area contributed by atoms with Gasteiger partial charge in [0.05, 0.1) is 21.8 Å². The van der Waals surface area contributed by atoms with E-state index < -0.39 is 0 Å². The topological polar surface area (TPSA) is 25.2 Å². The molecule has 0 aliphatic carbocycles. The highest BCUT2D eigenvalue weighted by atomic mass is 79.9. The Morgan fingerprint density at radius 2 is 2.17 bits per heavy atom. The summed E-state index contributed by atoms with van der Waals surface area (Å²) in [6, 6.07) is 9.91. The molecule has 0 bridgehead atoms. The fourth-order valence-electron chi connectivity index (χ4n) is 1.58. The number of thioether (sulfide) groups is 1. The van der Waals surface area contributed by atoms with E-state index in [-0.39, 0.29) is 6.04 Å². The Labute approximate surface area is 124 Å². The first-order valence-corrected chi connectivity index (χ1v) is 7.65. The monoisotopic (exact) mass is 345 g/mol. The molecular formula is C13H13BrClNOS. The quantitative estimate of drug-likeness (QED) is 0.791. The number of nitrogens with one attached hydrogen (secondary N) is 1. The van der Waals surface area contributed by atoms with E-state index in [0.717, 1.165) is 25.9 Å². The lowest BCUT2D eigenvalue weighted by Crippen LogP contribution is -2.18. The molecule has 2 aromatic rings. The average Bonchev–Trinajstić information content (AvgIpc) is 2.79. The first-order valence-electron chi connectivity index (χ1n) is 5.50. The van der Waals surface area contributed by atoms with Crippen LogP contribution in [0.2, 0.25) is 5.02 Å². The van der Waals surface area contributed by atoms with Gasteiger partial charge in [0.25, 0.3) is 0 Å². The van der Waals surface area contributed by atoms with Crippen LogP contribution in [0, 0.1) is 0 Å². The summed E-state index contributed by atoms with van der Waals surface area (Å²) in [6.45, 7) is 0. The van der Waals surface area contributed by atoms with E-state index in [4.69, 9.17) is 16.0 Å². The molecule has 96 valence electrons. The summed E-state index contributed by atoms with van der Waals surface area (Å²) in [5, 5.41) is 4.04. The Bertz CT molecular complexity index is 517. The van der Waals surface area contributed by atoms with Crippen molar-refractivity contribution in [2.24, 2.45) is 0 Å². The van der Waals surface area contributed by atoms with Crippen molar-refractivity contribution in [2.75, 3.05) is 12.8 Å². The Kier molecular flexibility index (Phi) is 5.18. The molecule has 0 saturated heterocycles. The largest absolute Gasteiger partial charge is 0.466 e. The van der Waals surface area contributed by atoms with E-state index in [1.54, 1.807) is 18.0 Å². The number of rotatable bonds is 5. The van der Waals surface area contributed by atoms with Crippen LogP contribution in [0.15, 0.2) is 50.4 Å². The Morgan fingerprint density at radius 1 is 1.39 bits per heavy atom. The SMILES string of the molecule is CNC(CSc1ccccc1Cl)c1occc1Br. The van der Waals surface area contributed by atoms with Crippen molar-refractivity contribution >= 4 is 39.3 Å². The molecule has 1 unspecified atom stereocenters. The summed E-state index contributed by atoms with van der Waals surface area (Å²) >= 11 is 11.3. The Morgan fingerprint density at radius 3 is 2.78 bits per heavy atom. The molecule has 1 aromatic heterocycles. The zero-order valence-corrected chi connectivity index (χ0v) is 13.0. The van der Waals surface area contributed by atoms with E-state index in [1.807, 2.05) is 37.4 Å². The van der Waals surface area contributed by atoms with Crippen molar-refractivity contribution in [1.29, 1.82) is 0 Å². The van der Waals surface area contributed by atoms with Gasteiger partial charge in [0.15, 0.2) is 0 Å². The molecule has 0 aliphatic rings. The number of hydrogen-bond acceptors (Lipinski definition) is 3. The Balaban J connectivity index is 2.05. The third-order valence-corrected chi connectivity index (χ3v) is 4.82. The van der Waals surface area contributed by atoms with E-state index >= 15 is 0 Å². The molecule has 0 spiro atoms. The maximum Gasteiger partial charge on any atom is 0.135 e.